The van der Waals surface area contributed by atoms with Gasteiger partial charge in [-0.25, -0.2) is 0 Å². The number of nitrogens with zero attached hydrogens (tertiary/aromatic N) is 1. The van der Waals surface area contributed by atoms with Gasteiger partial charge in [0.25, 0.3) is 0 Å². The maximum absolute atomic E-state index is 12.3. The fourth-order valence-electron chi connectivity index (χ4n) is 2.65. The molecule has 3 nitrogen and oxygen atoms in total. The van der Waals surface area contributed by atoms with Gasteiger partial charge in [0.1, 0.15) is 11.6 Å². The second-order valence-electron chi connectivity index (χ2n) is 6.76. The van der Waals surface area contributed by atoms with Crippen LogP contribution < -0.4 is 0 Å². The second kappa shape index (κ2) is 6.37. The number of ether oxygens (including phenoxy) is 1. The molecule has 0 unspecified atom stereocenters. The zero-order valence-corrected chi connectivity index (χ0v) is 14.0. The highest BCUT2D eigenvalue weighted by Crippen LogP contribution is 2.26. The third-order valence-corrected chi connectivity index (χ3v) is 3.98. The monoisotopic (exact) mass is 309 g/mol. The minimum Gasteiger partial charge on any atom is -0.459 e. The minimum absolute atomic E-state index is 0.122. The van der Waals surface area contributed by atoms with E-state index in [-0.39, 0.29) is 12.0 Å². The second-order valence-corrected chi connectivity index (χ2v) is 7.16. The number of esters is 1. The maximum atomic E-state index is 12.3. The van der Waals surface area contributed by atoms with Crippen molar-refractivity contribution in [3.05, 3.63) is 34.3 Å². The molecular formula is C17H24ClNO2. The Morgan fingerprint density at radius 1 is 1.43 bits per heavy atom. The molecule has 1 aliphatic heterocycles. The summed E-state index contributed by atoms with van der Waals surface area (Å²) in [6, 6.07) is 5.92. The lowest BCUT2D eigenvalue weighted by atomic mass is 10.1. The fourth-order valence-corrected chi connectivity index (χ4v) is 2.95. The topological polar surface area (TPSA) is 29.5 Å². The van der Waals surface area contributed by atoms with Gasteiger partial charge in [-0.05, 0) is 64.3 Å². The van der Waals surface area contributed by atoms with Crippen LogP contribution in [-0.4, -0.2) is 29.1 Å². The van der Waals surface area contributed by atoms with Crippen LogP contribution in [0.5, 0.6) is 0 Å². The maximum Gasteiger partial charge on any atom is 0.323 e. The molecule has 0 spiro atoms. The Labute approximate surface area is 132 Å². The van der Waals surface area contributed by atoms with Crippen molar-refractivity contribution >= 4 is 17.6 Å². The van der Waals surface area contributed by atoms with Crippen molar-refractivity contribution in [2.24, 2.45) is 0 Å². The Kier molecular flexibility index (Phi) is 4.95. The van der Waals surface area contributed by atoms with E-state index in [1.54, 1.807) is 0 Å². The van der Waals surface area contributed by atoms with Gasteiger partial charge in [-0.1, -0.05) is 23.7 Å². The summed E-state index contributed by atoms with van der Waals surface area (Å²) >= 11 is 6.30. The summed E-state index contributed by atoms with van der Waals surface area (Å²) in [5.41, 5.74) is 1.78. The molecule has 2 rings (SSSR count). The molecule has 21 heavy (non-hydrogen) atoms. The van der Waals surface area contributed by atoms with Gasteiger partial charge >= 0.3 is 5.97 Å². The summed E-state index contributed by atoms with van der Waals surface area (Å²) in [6.45, 7) is 9.34. The van der Waals surface area contributed by atoms with Crippen molar-refractivity contribution in [3.8, 4) is 0 Å². The van der Waals surface area contributed by atoms with Gasteiger partial charge in [0, 0.05) is 11.6 Å². The Hall–Kier alpha value is -1.06. The van der Waals surface area contributed by atoms with Crippen molar-refractivity contribution in [2.45, 2.75) is 58.7 Å². The molecule has 0 saturated carbocycles. The Balaban J connectivity index is 2.06. The molecule has 0 bridgehead atoms. The molecule has 116 valence electrons. The van der Waals surface area contributed by atoms with Crippen molar-refractivity contribution in [3.63, 3.8) is 0 Å². The lowest BCUT2D eigenvalue weighted by molar-refractivity contribution is -0.160. The zero-order chi connectivity index (χ0) is 15.6. The lowest BCUT2D eigenvalue weighted by Gasteiger charge is -2.27. The summed E-state index contributed by atoms with van der Waals surface area (Å²) in [7, 11) is 0. The number of carbonyl (C=O) groups excluding carboxylic acids is 1. The van der Waals surface area contributed by atoms with Gasteiger partial charge in [0.05, 0.1) is 0 Å². The highest BCUT2D eigenvalue weighted by Gasteiger charge is 2.34. The smallest absolute Gasteiger partial charge is 0.323 e. The lowest BCUT2D eigenvalue weighted by Crippen LogP contribution is -2.40. The molecule has 0 amide bonds. The zero-order valence-electron chi connectivity index (χ0n) is 13.3. The minimum atomic E-state index is -0.438. The molecule has 0 radical (unpaired) electrons. The van der Waals surface area contributed by atoms with E-state index < -0.39 is 5.60 Å². The third-order valence-electron chi connectivity index (χ3n) is 3.62. The number of benzene rings is 1. The number of halogens is 1. The molecule has 0 aliphatic carbocycles. The van der Waals surface area contributed by atoms with Gasteiger partial charge in [-0.3, -0.25) is 9.69 Å². The quantitative estimate of drug-likeness (QED) is 0.792. The molecule has 1 fully saturated rings. The van der Waals surface area contributed by atoms with E-state index in [1.807, 2.05) is 39.8 Å². The van der Waals surface area contributed by atoms with Crippen LogP contribution in [0.1, 0.15) is 44.7 Å². The third kappa shape index (κ3) is 4.45. The highest BCUT2D eigenvalue weighted by atomic mass is 35.5. The Morgan fingerprint density at radius 2 is 2.14 bits per heavy atom. The van der Waals surface area contributed by atoms with Crippen LogP contribution in [0.2, 0.25) is 5.02 Å². The predicted octanol–water partition coefficient (Wildman–Crippen LogP) is 3.95. The molecule has 4 heteroatoms. The van der Waals surface area contributed by atoms with Gasteiger partial charge in [0.2, 0.25) is 0 Å². The van der Waals surface area contributed by atoms with Crippen LogP contribution in [0.3, 0.4) is 0 Å². The number of aryl methyl sites for hydroxylation is 1. The molecule has 1 atom stereocenters. The Bertz CT molecular complexity index is 522. The first-order chi connectivity index (χ1) is 9.76. The SMILES string of the molecule is Cc1ccc(CN2CCC[C@@H]2C(=O)OC(C)(C)C)c(Cl)c1. The molecule has 1 saturated heterocycles. The molecular weight excluding hydrogens is 286 g/mol. The van der Waals surface area contributed by atoms with Crippen molar-refractivity contribution in [1.82, 2.24) is 4.90 Å². The van der Waals surface area contributed by atoms with E-state index in [0.29, 0.717) is 6.54 Å². The molecule has 1 aromatic carbocycles. The summed E-state index contributed by atoms with van der Waals surface area (Å²) in [5, 5.41) is 0.768. The number of carbonyl (C=O) groups is 1. The van der Waals surface area contributed by atoms with Crippen molar-refractivity contribution < 1.29 is 9.53 Å². The largest absolute Gasteiger partial charge is 0.459 e. The number of hydrogen-bond donors (Lipinski definition) is 0. The molecule has 1 aromatic rings. The predicted molar refractivity (Wildman–Crippen MR) is 85.5 cm³/mol. The van der Waals surface area contributed by atoms with Crippen molar-refractivity contribution in [2.75, 3.05) is 6.54 Å². The van der Waals surface area contributed by atoms with Crippen LogP contribution in [0.4, 0.5) is 0 Å². The van der Waals surface area contributed by atoms with E-state index in [4.69, 9.17) is 16.3 Å². The van der Waals surface area contributed by atoms with Gasteiger partial charge in [-0.15, -0.1) is 0 Å². The fraction of sp³-hybridized carbons (Fsp3) is 0.588. The molecule has 0 N–H and O–H groups in total. The standard InChI is InChI=1S/C17H24ClNO2/c1-12-7-8-13(14(18)10-12)11-19-9-5-6-15(19)16(20)21-17(2,3)4/h7-8,10,15H,5-6,9,11H2,1-4H3/t15-/m1/s1. The Morgan fingerprint density at radius 3 is 2.76 bits per heavy atom. The molecule has 1 aliphatic rings. The highest BCUT2D eigenvalue weighted by molar-refractivity contribution is 6.31. The average Bonchev–Trinajstić information content (AvgIpc) is 2.79. The van der Waals surface area contributed by atoms with Crippen LogP contribution in [0.15, 0.2) is 18.2 Å². The van der Waals surface area contributed by atoms with Gasteiger partial charge in [-0.2, -0.15) is 0 Å². The average molecular weight is 310 g/mol. The van der Waals surface area contributed by atoms with E-state index in [9.17, 15) is 4.79 Å². The van der Waals surface area contributed by atoms with E-state index in [0.717, 1.165) is 35.5 Å². The van der Waals surface area contributed by atoms with Crippen LogP contribution in [0, 0.1) is 6.92 Å². The van der Waals surface area contributed by atoms with Crippen molar-refractivity contribution in [1.29, 1.82) is 0 Å². The van der Waals surface area contributed by atoms with E-state index in [1.165, 1.54) is 0 Å². The molecule has 0 aromatic heterocycles. The summed E-state index contributed by atoms with van der Waals surface area (Å²) in [4.78, 5) is 14.5. The first-order valence-electron chi connectivity index (χ1n) is 7.48. The summed E-state index contributed by atoms with van der Waals surface area (Å²) in [5.74, 6) is -0.122. The van der Waals surface area contributed by atoms with E-state index >= 15 is 0 Å². The van der Waals surface area contributed by atoms with Gasteiger partial charge < -0.3 is 4.74 Å². The van der Waals surface area contributed by atoms with Crippen LogP contribution in [0.25, 0.3) is 0 Å². The first-order valence-corrected chi connectivity index (χ1v) is 7.86. The first kappa shape index (κ1) is 16.3. The normalized spacial score (nSPS) is 19.8. The summed E-state index contributed by atoms with van der Waals surface area (Å²) < 4.78 is 5.53. The van der Waals surface area contributed by atoms with Crippen LogP contribution >= 0.6 is 11.6 Å². The number of rotatable bonds is 3. The summed E-state index contributed by atoms with van der Waals surface area (Å²) in [6.07, 6.45) is 1.88. The van der Waals surface area contributed by atoms with E-state index in [2.05, 4.69) is 11.0 Å². The number of hydrogen-bond acceptors (Lipinski definition) is 3. The number of likely N-dealkylation sites (tertiary alicyclic amines) is 1. The van der Waals surface area contributed by atoms with Crippen LogP contribution in [-0.2, 0) is 16.1 Å². The molecule has 1 heterocycles. The van der Waals surface area contributed by atoms with Gasteiger partial charge in [0.15, 0.2) is 0 Å².